The van der Waals surface area contributed by atoms with Crippen molar-refractivity contribution < 1.29 is 17.9 Å². The van der Waals surface area contributed by atoms with Gasteiger partial charge in [-0.15, -0.1) is 0 Å². The summed E-state index contributed by atoms with van der Waals surface area (Å²) in [7, 11) is -4.01. The fourth-order valence-corrected chi connectivity index (χ4v) is 5.25. The van der Waals surface area contributed by atoms with Crippen LogP contribution < -0.4 is 15.4 Å². The summed E-state index contributed by atoms with van der Waals surface area (Å²) in [4.78, 5) is 16.2. The van der Waals surface area contributed by atoms with E-state index in [2.05, 4.69) is 21.7 Å². The molecule has 9 heteroatoms. The summed E-state index contributed by atoms with van der Waals surface area (Å²) in [5, 5.41) is 5.89. The minimum Gasteiger partial charge on any atom is -0.482 e. The number of ether oxygens (including phenoxy) is 1. The number of fused-ring (bicyclic) bond motifs is 2. The Hall–Kier alpha value is -3.17. The van der Waals surface area contributed by atoms with Crippen molar-refractivity contribution in [2.24, 2.45) is 0 Å². The molecular weight excluding hydrogens is 392 g/mol. The van der Waals surface area contributed by atoms with Crippen molar-refractivity contribution >= 4 is 38.2 Å². The number of benzene rings is 1. The lowest BCUT2D eigenvalue weighted by molar-refractivity contribution is -0.118. The number of amides is 1. The maximum Gasteiger partial charge on any atom is 0.270 e. The highest BCUT2D eigenvalue weighted by Crippen LogP contribution is 2.37. The molecule has 0 saturated carbocycles. The van der Waals surface area contributed by atoms with Crippen LogP contribution in [0.15, 0.2) is 53.7 Å². The zero-order chi connectivity index (χ0) is 20.0. The van der Waals surface area contributed by atoms with Crippen LogP contribution in [0.3, 0.4) is 0 Å². The van der Waals surface area contributed by atoms with Gasteiger partial charge >= 0.3 is 0 Å². The molecule has 1 aromatic carbocycles. The highest BCUT2D eigenvalue weighted by atomic mass is 32.2. The third kappa shape index (κ3) is 2.90. The van der Waals surface area contributed by atoms with E-state index in [1.54, 1.807) is 36.7 Å². The summed E-state index contributed by atoms with van der Waals surface area (Å²) < 4.78 is 33.9. The minimum atomic E-state index is -4.01. The summed E-state index contributed by atoms with van der Waals surface area (Å²) in [6.45, 7) is 1.42. The summed E-state index contributed by atoms with van der Waals surface area (Å²) in [6.07, 6.45) is 6.13. The number of nitrogens with zero attached hydrogens (tertiary/aromatic N) is 2. The lowest BCUT2D eigenvalue weighted by atomic mass is 10.0. The quantitative estimate of drug-likeness (QED) is 0.685. The van der Waals surface area contributed by atoms with Crippen LogP contribution in [0.25, 0.3) is 16.6 Å². The fraction of sp³-hybridized carbons (Fsp3) is 0.200. The van der Waals surface area contributed by atoms with Crippen LogP contribution in [0.1, 0.15) is 12.0 Å². The molecular formula is C20H18N4O4S. The molecule has 0 bridgehead atoms. The lowest BCUT2D eigenvalue weighted by Gasteiger charge is -2.20. The molecule has 3 aromatic rings. The first-order valence-electron chi connectivity index (χ1n) is 9.23. The van der Waals surface area contributed by atoms with Crippen LogP contribution in [-0.2, 0) is 14.8 Å². The molecule has 0 fully saturated rings. The zero-order valence-electron chi connectivity index (χ0n) is 15.4. The second-order valence-electron chi connectivity index (χ2n) is 6.86. The average Bonchev–Trinajstić information content (AvgIpc) is 3.14. The Bertz CT molecular complexity index is 1280. The molecule has 0 saturated heterocycles. The minimum absolute atomic E-state index is 0.0188. The Morgan fingerprint density at radius 2 is 2.07 bits per heavy atom. The zero-order valence-corrected chi connectivity index (χ0v) is 16.2. The average molecular weight is 410 g/mol. The van der Waals surface area contributed by atoms with E-state index in [9.17, 15) is 13.2 Å². The molecule has 0 spiro atoms. The maximum absolute atomic E-state index is 13.6. The van der Waals surface area contributed by atoms with Gasteiger partial charge in [0.1, 0.15) is 16.3 Å². The van der Waals surface area contributed by atoms with E-state index in [4.69, 9.17) is 4.74 Å². The summed E-state index contributed by atoms with van der Waals surface area (Å²) in [5.74, 6) is -0.0544. The van der Waals surface area contributed by atoms with Gasteiger partial charge in [0, 0.05) is 24.5 Å². The highest BCUT2D eigenvalue weighted by molar-refractivity contribution is 7.90. The van der Waals surface area contributed by atoms with Gasteiger partial charge in [-0.25, -0.2) is 12.4 Å². The van der Waals surface area contributed by atoms with Gasteiger partial charge in [-0.1, -0.05) is 12.1 Å². The van der Waals surface area contributed by atoms with Crippen molar-refractivity contribution in [1.29, 1.82) is 0 Å². The molecule has 2 aromatic heterocycles. The van der Waals surface area contributed by atoms with Crippen molar-refractivity contribution in [2.45, 2.75) is 11.3 Å². The van der Waals surface area contributed by atoms with Gasteiger partial charge in [0.25, 0.3) is 15.9 Å². The number of hydrogen-bond donors (Lipinski definition) is 2. The van der Waals surface area contributed by atoms with Crippen LogP contribution >= 0.6 is 0 Å². The predicted molar refractivity (Wildman–Crippen MR) is 108 cm³/mol. The molecule has 5 rings (SSSR count). The second kappa shape index (κ2) is 6.71. The third-order valence-electron chi connectivity index (χ3n) is 5.08. The Balaban J connectivity index is 1.73. The normalized spacial score (nSPS) is 16.7. The molecule has 29 heavy (non-hydrogen) atoms. The molecule has 0 aliphatic carbocycles. The van der Waals surface area contributed by atoms with Gasteiger partial charge in [-0.05, 0) is 42.8 Å². The van der Waals surface area contributed by atoms with Gasteiger partial charge in [0.15, 0.2) is 6.61 Å². The van der Waals surface area contributed by atoms with Gasteiger partial charge < -0.3 is 15.4 Å². The smallest absolute Gasteiger partial charge is 0.270 e. The maximum atomic E-state index is 13.6. The first kappa shape index (κ1) is 17.9. The topological polar surface area (TPSA) is 102 Å². The summed E-state index contributed by atoms with van der Waals surface area (Å²) in [6, 6.07) is 8.14. The lowest BCUT2D eigenvalue weighted by Crippen LogP contribution is -2.27. The summed E-state index contributed by atoms with van der Waals surface area (Å²) in [5.41, 5.74) is 3.15. The van der Waals surface area contributed by atoms with Gasteiger partial charge in [0.05, 0.1) is 11.0 Å². The monoisotopic (exact) mass is 410 g/mol. The number of rotatable bonds is 3. The van der Waals surface area contributed by atoms with E-state index >= 15 is 0 Å². The van der Waals surface area contributed by atoms with Crippen LogP contribution in [0.4, 0.5) is 5.69 Å². The van der Waals surface area contributed by atoms with Gasteiger partial charge in [0.2, 0.25) is 0 Å². The van der Waals surface area contributed by atoms with E-state index in [1.807, 2.05) is 0 Å². The van der Waals surface area contributed by atoms with E-state index in [0.29, 0.717) is 16.8 Å². The van der Waals surface area contributed by atoms with Crippen LogP contribution in [0.5, 0.6) is 5.75 Å². The molecule has 8 nitrogen and oxygen atoms in total. The molecule has 4 heterocycles. The van der Waals surface area contributed by atoms with Crippen LogP contribution in [-0.4, -0.2) is 43.0 Å². The Kier molecular flexibility index (Phi) is 4.14. The third-order valence-corrected chi connectivity index (χ3v) is 6.80. The van der Waals surface area contributed by atoms with Crippen LogP contribution in [0, 0.1) is 0 Å². The van der Waals surface area contributed by atoms with Gasteiger partial charge in [-0.2, -0.15) is 0 Å². The fourth-order valence-electron chi connectivity index (χ4n) is 3.73. The molecule has 148 valence electrons. The van der Waals surface area contributed by atoms with Crippen molar-refractivity contribution in [3.05, 3.63) is 54.4 Å². The number of aromatic nitrogens is 2. The Morgan fingerprint density at radius 1 is 1.17 bits per heavy atom. The summed E-state index contributed by atoms with van der Waals surface area (Å²) >= 11 is 0. The van der Waals surface area contributed by atoms with Crippen molar-refractivity contribution in [1.82, 2.24) is 14.3 Å². The number of nitrogens with one attached hydrogen (secondary N) is 2. The Labute approximate surface area is 167 Å². The van der Waals surface area contributed by atoms with E-state index in [0.717, 1.165) is 30.6 Å². The number of para-hydroxylation sites is 1. The first-order chi connectivity index (χ1) is 14.1. The highest BCUT2D eigenvalue weighted by Gasteiger charge is 2.29. The van der Waals surface area contributed by atoms with E-state index < -0.39 is 10.0 Å². The molecule has 2 aliphatic rings. The molecule has 0 radical (unpaired) electrons. The van der Waals surface area contributed by atoms with E-state index in [1.165, 1.54) is 10.0 Å². The predicted octanol–water partition coefficient (Wildman–Crippen LogP) is 1.98. The number of hydrogen-bond acceptors (Lipinski definition) is 6. The molecule has 1 amide bonds. The largest absolute Gasteiger partial charge is 0.482 e. The van der Waals surface area contributed by atoms with Crippen molar-refractivity contribution in [3.8, 4) is 5.75 Å². The standard InChI is InChI=1S/C20H18N4O4S/c25-18-12-28-16-4-1-5-17(20(16)23-18)29(26,27)24-11-14(13-6-9-21-10-7-13)19-15(24)3-2-8-22-19/h1-6,8,11,21H,7,9-10,12H2,(H,23,25). The number of anilines is 1. The Morgan fingerprint density at radius 3 is 2.90 bits per heavy atom. The SMILES string of the molecule is O=C1COc2cccc(S(=O)(=O)n3cc(C4=CCNCC4)c4ncccc43)c2N1. The number of carbonyl (C=O) groups is 1. The van der Waals surface area contributed by atoms with Crippen molar-refractivity contribution in [2.75, 3.05) is 25.0 Å². The molecule has 0 unspecified atom stereocenters. The van der Waals surface area contributed by atoms with Crippen molar-refractivity contribution in [3.63, 3.8) is 0 Å². The number of carbonyl (C=O) groups excluding carboxylic acids is 1. The molecule has 0 atom stereocenters. The van der Waals surface area contributed by atoms with Gasteiger partial charge in [-0.3, -0.25) is 9.78 Å². The molecule has 2 aliphatic heterocycles. The first-order valence-corrected chi connectivity index (χ1v) is 10.7. The molecule has 2 N–H and O–H groups in total. The number of pyridine rings is 1. The van der Waals surface area contributed by atoms with Crippen LogP contribution in [0.2, 0.25) is 0 Å². The second-order valence-corrected chi connectivity index (χ2v) is 8.65. The van der Waals surface area contributed by atoms with E-state index in [-0.39, 0.29) is 23.1 Å².